The van der Waals surface area contributed by atoms with Gasteiger partial charge in [-0.2, -0.15) is 5.10 Å². The van der Waals surface area contributed by atoms with Gasteiger partial charge in [-0.05, 0) is 61.5 Å². The molecular weight excluding hydrogens is 604 g/mol. The van der Waals surface area contributed by atoms with Crippen LogP contribution in [-0.4, -0.2) is 73.5 Å². The molecule has 0 saturated carbocycles. The standard InChI is InChI=1S/C35H41F2N7O3/c1-26(21-47-35(3,22-43-25-39-23-40-43)33-14-5-28(36)19-34(33)37)20-46-32-12-10-30(11-13-32)42-17-15-41(16-18-42)29-6-8-31(9-7-29)44(24-38-4)27(2)45/h5-14,19,23-26H,15-18,20-22H2,1-4H3. The van der Waals surface area contributed by atoms with Crippen molar-refractivity contribution in [2.75, 3.05) is 61.1 Å². The number of hydrogen-bond acceptors (Lipinski definition) is 8. The molecule has 0 radical (unpaired) electrons. The Hall–Kier alpha value is -4.84. The summed E-state index contributed by atoms with van der Waals surface area (Å²) in [7, 11) is 1.64. The van der Waals surface area contributed by atoms with Crippen LogP contribution in [0.15, 0.2) is 84.4 Å². The van der Waals surface area contributed by atoms with E-state index in [-0.39, 0.29) is 30.5 Å². The van der Waals surface area contributed by atoms with Crippen molar-refractivity contribution in [2.24, 2.45) is 10.9 Å². The third-order valence-electron chi connectivity index (χ3n) is 8.20. The number of carbonyl (C=O) groups is 1. The molecule has 1 aliphatic heterocycles. The zero-order valence-electron chi connectivity index (χ0n) is 27.2. The molecule has 47 heavy (non-hydrogen) atoms. The molecule has 1 amide bonds. The molecule has 1 aliphatic rings. The zero-order valence-corrected chi connectivity index (χ0v) is 27.2. The summed E-state index contributed by atoms with van der Waals surface area (Å²) < 4.78 is 42.3. The minimum atomic E-state index is -1.10. The number of benzene rings is 3. The predicted octanol–water partition coefficient (Wildman–Crippen LogP) is 5.54. The average molecular weight is 646 g/mol. The molecule has 0 bridgehead atoms. The van der Waals surface area contributed by atoms with E-state index in [4.69, 9.17) is 9.47 Å². The molecular formula is C35H41F2N7O3. The Morgan fingerprint density at radius 1 is 1.00 bits per heavy atom. The second kappa shape index (κ2) is 15.2. The number of hydrogen-bond donors (Lipinski definition) is 0. The predicted molar refractivity (Wildman–Crippen MR) is 179 cm³/mol. The minimum absolute atomic E-state index is 0.0132. The number of anilines is 3. The topological polar surface area (TPSA) is 88.3 Å². The van der Waals surface area contributed by atoms with Crippen LogP contribution in [0.4, 0.5) is 25.8 Å². The molecule has 4 aromatic rings. The molecule has 248 valence electrons. The van der Waals surface area contributed by atoms with E-state index in [9.17, 15) is 13.6 Å². The first-order valence-electron chi connectivity index (χ1n) is 15.6. The molecule has 0 N–H and O–H groups in total. The van der Waals surface area contributed by atoms with E-state index in [1.54, 1.807) is 18.7 Å². The number of ether oxygens (including phenoxy) is 2. The molecule has 2 atom stereocenters. The van der Waals surface area contributed by atoms with Crippen molar-refractivity contribution < 1.29 is 23.0 Å². The van der Waals surface area contributed by atoms with Crippen LogP contribution in [-0.2, 0) is 21.7 Å². The van der Waals surface area contributed by atoms with Crippen LogP contribution in [0, 0.1) is 17.6 Å². The molecule has 12 heteroatoms. The summed E-state index contributed by atoms with van der Waals surface area (Å²) in [5, 5.41) is 4.14. The summed E-state index contributed by atoms with van der Waals surface area (Å²) in [5.74, 6) is -0.667. The van der Waals surface area contributed by atoms with Gasteiger partial charge >= 0.3 is 0 Å². The maximum Gasteiger partial charge on any atom is 0.229 e. The summed E-state index contributed by atoms with van der Waals surface area (Å²) in [4.78, 5) is 26.1. The molecule has 0 spiro atoms. The Labute approximate surface area is 274 Å². The summed E-state index contributed by atoms with van der Waals surface area (Å²) in [6.07, 6.45) is 4.47. The van der Waals surface area contributed by atoms with Gasteiger partial charge in [-0.3, -0.25) is 14.7 Å². The number of rotatable bonds is 13. The van der Waals surface area contributed by atoms with Gasteiger partial charge in [0.25, 0.3) is 0 Å². The number of nitrogens with zero attached hydrogens (tertiary/aromatic N) is 7. The lowest BCUT2D eigenvalue weighted by Crippen LogP contribution is -2.46. The van der Waals surface area contributed by atoms with Crippen molar-refractivity contribution in [1.29, 1.82) is 0 Å². The largest absolute Gasteiger partial charge is 0.493 e. The fourth-order valence-corrected chi connectivity index (χ4v) is 5.61. The van der Waals surface area contributed by atoms with Crippen LogP contribution in [0.1, 0.15) is 26.3 Å². The molecule has 5 rings (SSSR count). The quantitative estimate of drug-likeness (QED) is 0.139. The molecule has 2 unspecified atom stereocenters. The van der Waals surface area contributed by atoms with Gasteiger partial charge in [0.05, 0.1) is 26.1 Å². The first-order valence-corrected chi connectivity index (χ1v) is 15.6. The molecule has 1 fully saturated rings. The van der Waals surface area contributed by atoms with E-state index >= 15 is 0 Å². The molecule has 2 heterocycles. The van der Waals surface area contributed by atoms with Gasteiger partial charge in [-0.25, -0.2) is 18.4 Å². The normalized spacial score (nSPS) is 15.4. The first-order chi connectivity index (χ1) is 22.6. The number of amides is 1. The van der Waals surface area contributed by atoms with Gasteiger partial charge < -0.3 is 19.3 Å². The third kappa shape index (κ3) is 8.50. The van der Waals surface area contributed by atoms with E-state index in [1.807, 2.05) is 43.3 Å². The lowest BCUT2D eigenvalue weighted by atomic mass is 9.94. The maximum absolute atomic E-state index is 14.8. The Kier molecular flexibility index (Phi) is 10.8. The molecule has 1 aromatic heterocycles. The van der Waals surface area contributed by atoms with Crippen molar-refractivity contribution >= 4 is 29.3 Å². The number of piperazine rings is 1. The van der Waals surface area contributed by atoms with Crippen LogP contribution in [0.2, 0.25) is 0 Å². The second-order valence-electron chi connectivity index (χ2n) is 11.9. The van der Waals surface area contributed by atoms with Crippen LogP contribution < -0.4 is 19.4 Å². The number of aromatic nitrogens is 3. The average Bonchev–Trinajstić information content (AvgIpc) is 3.58. The Bertz CT molecular complexity index is 1630. The van der Waals surface area contributed by atoms with E-state index in [0.717, 1.165) is 55.1 Å². The Balaban J connectivity index is 1.11. The Morgan fingerprint density at radius 3 is 2.19 bits per heavy atom. The van der Waals surface area contributed by atoms with Gasteiger partial charge in [0.2, 0.25) is 5.91 Å². The van der Waals surface area contributed by atoms with E-state index < -0.39 is 17.2 Å². The van der Waals surface area contributed by atoms with Crippen LogP contribution in [0.5, 0.6) is 5.75 Å². The fraction of sp³-hybridized carbons (Fsp3) is 0.371. The van der Waals surface area contributed by atoms with Gasteiger partial charge in [0.15, 0.2) is 0 Å². The highest BCUT2D eigenvalue weighted by Crippen LogP contribution is 2.31. The molecule has 0 aliphatic carbocycles. The Morgan fingerprint density at radius 2 is 1.64 bits per heavy atom. The summed E-state index contributed by atoms with van der Waals surface area (Å²) in [6, 6.07) is 19.6. The molecule has 10 nitrogen and oxygen atoms in total. The van der Waals surface area contributed by atoms with Crippen LogP contribution in [0.25, 0.3) is 0 Å². The summed E-state index contributed by atoms with van der Waals surface area (Å²) >= 11 is 0. The zero-order chi connectivity index (χ0) is 33.4. The first kappa shape index (κ1) is 33.5. The van der Waals surface area contributed by atoms with Gasteiger partial charge in [-0.15, -0.1) is 0 Å². The third-order valence-corrected chi connectivity index (χ3v) is 8.20. The van der Waals surface area contributed by atoms with Crippen LogP contribution >= 0.6 is 0 Å². The van der Waals surface area contributed by atoms with Gasteiger partial charge in [0, 0.05) is 74.8 Å². The van der Waals surface area contributed by atoms with Crippen molar-refractivity contribution in [3.05, 3.63) is 96.6 Å². The van der Waals surface area contributed by atoms with E-state index in [2.05, 4.69) is 37.0 Å². The van der Waals surface area contributed by atoms with E-state index in [1.165, 1.54) is 42.9 Å². The molecule has 1 saturated heterocycles. The number of carbonyl (C=O) groups excluding carboxylic acids is 1. The second-order valence-corrected chi connectivity index (χ2v) is 11.9. The highest BCUT2D eigenvalue weighted by molar-refractivity contribution is 6.07. The minimum Gasteiger partial charge on any atom is -0.493 e. The van der Waals surface area contributed by atoms with Crippen molar-refractivity contribution in [3.8, 4) is 5.75 Å². The highest BCUT2D eigenvalue weighted by Gasteiger charge is 2.32. The highest BCUT2D eigenvalue weighted by atomic mass is 19.1. The van der Waals surface area contributed by atoms with Gasteiger partial charge in [-0.1, -0.05) is 13.0 Å². The van der Waals surface area contributed by atoms with Crippen molar-refractivity contribution in [1.82, 2.24) is 14.8 Å². The van der Waals surface area contributed by atoms with E-state index in [0.29, 0.717) is 6.61 Å². The summed E-state index contributed by atoms with van der Waals surface area (Å²) in [6.45, 7) is 9.68. The smallest absolute Gasteiger partial charge is 0.229 e. The van der Waals surface area contributed by atoms with Crippen molar-refractivity contribution in [2.45, 2.75) is 32.9 Å². The monoisotopic (exact) mass is 645 g/mol. The van der Waals surface area contributed by atoms with Crippen molar-refractivity contribution in [3.63, 3.8) is 0 Å². The maximum atomic E-state index is 14.8. The van der Waals surface area contributed by atoms with Gasteiger partial charge in [0.1, 0.15) is 35.6 Å². The summed E-state index contributed by atoms with van der Waals surface area (Å²) in [5.41, 5.74) is 2.18. The van der Waals surface area contributed by atoms with Crippen LogP contribution in [0.3, 0.4) is 0 Å². The lowest BCUT2D eigenvalue weighted by molar-refractivity contribution is -0.115. The lowest BCUT2D eigenvalue weighted by Gasteiger charge is -2.37. The number of halogens is 2. The fourth-order valence-electron chi connectivity index (χ4n) is 5.61. The number of aliphatic imine (C=N–C) groups is 1. The SMILES string of the molecule is CN=CN(C(C)=O)c1ccc(N2CCN(c3ccc(OCC(C)COC(C)(Cn4cncn4)c4ccc(F)cc4F)cc3)CC2)cc1. The molecule has 3 aromatic carbocycles.